The van der Waals surface area contributed by atoms with E-state index in [0.29, 0.717) is 0 Å². The molecule has 0 amide bonds. The molecule has 1 fully saturated rings. The summed E-state index contributed by atoms with van der Waals surface area (Å²) < 4.78 is 2.22. The van der Waals surface area contributed by atoms with Crippen LogP contribution in [0.3, 0.4) is 0 Å². The van der Waals surface area contributed by atoms with Crippen LogP contribution >= 0.6 is 11.6 Å². The first-order valence-electron chi connectivity index (χ1n) is 6.69. The summed E-state index contributed by atoms with van der Waals surface area (Å²) >= 11 is 5.61. The van der Waals surface area contributed by atoms with E-state index in [2.05, 4.69) is 45.2 Å². The highest BCUT2D eigenvalue weighted by Gasteiger charge is 2.14. The van der Waals surface area contributed by atoms with E-state index < -0.39 is 0 Å². The molecule has 1 aromatic heterocycles. The molecule has 0 spiro atoms. The summed E-state index contributed by atoms with van der Waals surface area (Å²) in [4.78, 5) is 2.46. The molecule has 1 N–H and O–H groups in total. The molecule has 0 radical (unpaired) electrons. The SMILES string of the molecule is ClC=CCn1ccc2c(N3CCNCC3)cccc21. The lowest BCUT2D eigenvalue weighted by Gasteiger charge is -2.30. The quantitative estimate of drug-likeness (QED) is 0.930. The Bertz CT molecular complexity index is 582. The summed E-state index contributed by atoms with van der Waals surface area (Å²) in [5, 5.41) is 4.72. The Morgan fingerprint density at radius 3 is 2.84 bits per heavy atom. The van der Waals surface area contributed by atoms with Gasteiger partial charge in [-0.1, -0.05) is 23.7 Å². The van der Waals surface area contributed by atoms with Gasteiger partial charge < -0.3 is 14.8 Å². The number of allylic oxidation sites excluding steroid dienone is 1. The predicted molar refractivity (Wildman–Crippen MR) is 82.0 cm³/mol. The molecular formula is C15H18ClN3. The first-order valence-corrected chi connectivity index (χ1v) is 7.12. The van der Waals surface area contributed by atoms with Gasteiger partial charge in [-0.25, -0.2) is 0 Å². The minimum absolute atomic E-state index is 0.817. The van der Waals surface area contributed by atoms with E-state index in [1.165, 1.54) is 16.6 Å². The van der Waals surface area contributed by atoms with Gasteiger partial charge in [-0.15, -0.1) is 0 Å². The van der Waals surface area contributed by atoms with Crippen molar-refractivity contribution in [3.63, 3.8) is 0 Å². The van der Waals surface area contributed by atoms with Gasteiger partial charge in [0.15, 0.2) is 0 Å². The molecule has 3 rings (SSSR count). The Labute approximate surface area is 118 Å². The van der Waals surface area contributed by atoms with Gasteiger partial charge in [-0.05, 0) is 18.2 Å². The van der Waals surface area contributed by atoms with Crippen molar-refractivity contribution in [1.29, 1.82) is 0 Å². The van der Waals surface area contributed by atoms with Crippen molar-refractivity contribution in [3.8, 4) is 0 Å². The molecular weight excluding hydrogens is 258 g/mol. The van der Waals surface area contributed by atoms with Gasteiger partial charge in [0.05, 0.1) is 5.52 Å². The summed E-state index contributed by atoms with van der Waals surface area (Å²) in [5.41, 5.74) is 4.19. The largest absolute Gasteiger partial charge is 0.368 e. The average molecular weight is 276 g/mol. The first-order chi connectivity index (χ1) is 9.40. The fourth-order valence-corrected chi connectivity index (χ4v) is 2.78. The molecule has 100 valence electrons. The normalized spacial score (nSPS) is 16.6. The van der Waals surface area contributed by atoms with Crippen molar-refractivity contribution >= 4 is 28.2 Å². The predicted octanol–water partition coefficient (Wildman–Crippen LogP) is 2.80. The molecule has 1 saturated heterocycles. The number of halogens is 1. The Kier molecular flexibility index (Phi) is 3.76. The maximum Gasteiger partial charge on any atom is 0.0504 e. The van der Waals surface area contributed by atoms with E-state index in [1.54, 1.807) is 5.54 Å². The van der Waals surface area contributed by atoms with Crippen molar-refractivity contribution in [1.82, 2.24) is 9.88 Å². The topological polar surface area (TPSA) is 20.2 Å². The van der Waals surface area contributed by atoms with Crippen molar-refractivity contribution in [2.24, 2.45) is 0 Å². The van der Waals surface area contributed by atoms with Crippen LogP contribution < -0.4 is 10.2 Å². The summed E-state index contributed by atoms with van der Waals surface area (Å²) in [6.45, 7) is 5.09. The number of aromatic nitrogens is 1. The van der Waals surface area contributed by atoms with Crippen molar-refractivity contribution in [2.75, 3.05) is 31.1 Å². The van der Waals surface area contributed by atoms with Crippen LogP contribution in [-0.4, -0.2) is 30.7 Å². The van der Waals surface area contributed by atoms with Gasteiger partial charge in [0, 0.05) is 55.5 Å². The zero-order chi connectivity index (χ0) is 13.1. The minimum Gasteiger partial charge on any atom is -0.368 e. The molecule has 1 aliphatic heterocycles. The molecule has 1 aromatic carbocycles. The van der Waals surface area contributed by atoms with Gasteiger partial charge >= 0.3 is 0 Å². The van der Waals surface area contributed by atoms with Crippen molar-refractivity contribution < 1.29 is 0 Å². The van der Waals surface area contributed by atoms with Crippen LogP contribution in [0.15, 0.2) is 42.1 Å². The zero-order valence-electron chi connectivity index (χ0n) is 10.8. The highest BCUT2D eigenvalue weighted by Crippen LogP contribution is 2.28. The number of nitrogens with one attached hydrogen (secondary N) is 1. The number of hydrogen-bond acceptors (Lipinski definition) is 2. The second kappa shape index (κ2) is 5.68. The third-order valence-corrected chi connectivity index (χ3v) is 3.82. The van der Waals surface area contributed by atoms with E-state index in [9.17, 15) is 0 Å². The van der Waals surface area contributed by atoms with Gasteiger partial charge in [-0.3, -0.25) is 0 Å². The highest BCUT2D eigenvalue weighted by atomic mass is 35.5. The van der Waals surface area contributed by atoms with Gasteiger partial charge in [0.2, 0.25) is 0 Å². The Morgan fingerprint density at radius 2 is 2.05 bits per heavy atom. The van der Waals surface area contributed by atoms with Crippen LogP contribution in [0, 0.1) is 0 Å². The Balaban J connectivity index is 1.98. The van der Waals surface area contributed by atoms with Gasteiger partial charge in [0.1, 0.15) is 0 Å². The number of nitrogens with zero attached hydrogens (tertiary/aromatic N) is 2. The lowest BCUT2D eigenvalue weighted by atomic mass is 10.2. The third-order valence-electron chi connectivity index (χ3n) is 3.64. The number of benzene rings is 1. The zero-order valence-corrected chi connectivity index (χ0v) is 11.6. The first kappa shape index (κ1) is 12.6. The average Bonchev–Trinajstić information content (AvgIpc) is 2.89. The van der Waals surface area contributed by atoms with E-state index >= 15 is 0 Å². The second-order valence-electron chi connectivity index (χ2n) is 4.78. The third kappa shape index (κ3) is 2.48. The molecule has 4 heteroatoms. The molecule has 0 atom stereocenters. The second-order valence-corrected chi connectivity index (χ2v) is 5.03. The summed E-state index contributed by atoms with van der Waals surface area (Å²) in [6, 6.07) is 8.73. The highest BCUT2D eigenvalue weighted by molar-refractivity contribution is 6.25. The number of anilines is 1. The monoisotopic (exact) mass is 275 g/mol. The fraction of sp³-hybridized carbons (Fsp3) is 0.333. The molecule has 0 aliphatic carbocycles. The lowest BCUT2D eigenvalue weighted by Crippen LogP contribution is -2.43. The Morgan fingerprint density at radius 1 is 1.21 bits per heavy atom. The van der Waals surface area contributed by atoms with Gasteiger partial charge in [-0.2, -0.15) is 0 Å². The lowest BCUT2D eigenvalue weighted by molar-refractivity contribution is 0.590. The standard InChI is InChI=1S/C15H18ClN3/c16-6-2-9-18-10-5-13-14(18)3-1-4-15(13)19-11-7-17-8-12-19/h1-6,10,17H,7-9,11-12H2. The number of hydrogen-bond donors (Lipinski definition) is 1. The number of piperazine rings is 1. The molecule has 0 unspecified atom stereocenters. The van der Waals surface area contributed by atoms with E-state index in [-0.39, 0.29) is 0 Å². The molecule has 2 heterocycles. The molecule has 3 nitrogen and oxygen atoms in total. The Hall–Kier alpha value is -1.45. The van der Waals surface area contributed by atoms with Crippen LogP contribution in [0.25, 0.3) is 10.9 Å². The van der Waals surface area contributed by atoms with E-state index in [0.717, 1.165) is 32.7 Å². The molecule has 19 heavy (non-hydrogen) atoms. The maximum absolute atomic E-state index is 5.61. The van der Waals surface area contributed by atoms with Gasteiger partial charge in [0.25, 0.3) is 0 Å². The van der Waals surface area contributed by atoms with Crippen molar-refractivity contribution in [2.45, 2.75) is 6.54 Å². The van der Waals surface area contributed by atoms with Crippen LogP contribution in [-0.2, 0) is 6.54 Å². The summed E-state index contributed by atoms with van der Waals surface area (Å²) in [5.74, 6) is 0. The van der Waals surface area contributed by atoms with Crippen LogP contribution in [0.5, 0.6) is 0 Å². The molecule has 2 aromatic rings. The summed E-state index contributed by atoms with van der Waals surface area (Å²) in [7, 11) is 0. The molecule has 0 bridgehead atoms. The smallest absolute Gasteiger partial charge is 0.0504 e. The van der Waals surface area contributed by atoms with E-state index in [1.807, 2.05) is 6.08 Å². The van der Waals surface area contributed by atoms with E-state index in [4.69, 9.17) is 11.6 Å². The fourth-order valence-electron chi connectivity index (χ4n) is 2.70. The maximum atomic E-state index is 5.61. The number of fused-ring (bicyclic) bond motifs is 1. The van der Waals surface area contributed by atoms with Crippen LogP contribution in [0.2, 0.25) is 0 Å². The molecule has 0 saturated carbocycles. The number of rotatable bonds is 3. The van der Waals surface area contributed by atoms with Crippen LogP contribution in [0.4, 0.5) is 5.69 Å². The minimum atomic E-state index is 0.817. The summed E-state index contributed by atoms with van der Waals surface area (Å²) in [6.07, 6.45) is 4.09. The molecule has 1 aliphatic rings. The van der Waals surface area contributed by atoms with Crippen molar-refractivity contribution in [3.05, 3.63) is 42.1 Å². The van der Waals surface area contributed by atoms with Crippen LogP contribution in [0.1, 0.15) is 0 Å².